The topological polar surface area (TPSA) is 30.5 Å². The van der Waals surface area contributed by atoms with Crippen LogP contribution in [0.1, 0.15) is 30.0 Å². The second kappa shape index (κ2) is 7.24. The molecule has 0 saturated carbocycles. The van der Waals surface area contributed by atoms with Crippen molar-refractivity contribution in [1.29, 1.82) is 0 Å². The van der Waals surface area contributed by atoms with Gasteiger partial charge in [-0.25, -0.2) is 0 Å². The van der Waals surface area contributed by atoms with Gasteiger partial charge in [0.2, 0.25) is 0 Å². The molecule has 18 heavy (non-hydrogen) atoms. The maximum atomic E-state index is 5.75. The van der Waals surface area contributed by atoms with Crippen LogP contribution in [0, 0.1) is 5.92 Å². The zero-order valence-electron chi connectivity index (χ0n) is 11.3. The monoisotopic (exact) mass is 269 g/mol. The molecule has 3 nitrogen and oxygen atoms in total. The van der Waals surface area contributed by atoms with E-state index in [1.165, 1.54) is 9.75 Å². The summed E-state index contributed by atoms with van der Waals surface area (Å²) in [6, 6.07) is 4.90. The minimum absolute atomic E-state index is 0.536. The van der Waals surface area contributed by atoms with Gasteiger partial charge in [-0.1, -0.05) is 13.8 Å². The highest BCUT2D eigenvalue weighted by Crippen LogP contribution is 2.19. The summed E-state index contributed by atoms with van der Waals surface area (Å²) in [5.41, 5.74) is 0. The van der Waals surface area contributed by atoms with Gasteiger partial charge >= 0.3 is 0 Å². The molecule has 4 heteroatoms. The second-order valence-corrected chi connectivity index (χ2v) is 6.40. The summed E-state index contributed by atoms with van der Waals surface area (Å²) in [5.74, 6) is 0.604. The molecule has 0 radical (unpaired) electrons. The van der Waals surface area contributed by atoms with Crippen molar-refractivity contribution in [3.63, 3.8) is 0 Å². The smallest absolute Gasteiger partial charge is 0.0809 e. The predicted molar refractivity (Wildman–Crippen MR) is 74.9 cm³/mol. The Kier molecular flexibility index (Phi) is 5.63. The van der Waals surface area contributed by atoms with Crippen molar-refractivity contribution in [2.75, 3.05) is 19.8 Å². The average Bonchev–Trinajstić information content (AvgIpc) is 2.97. The van der Waals surface area contributed by atoms with E-state index in [2.05, 4.69) is 31.3 Å². The fourth-order valence-electron chi connectivity index (χ4n) is 1.94. The SMILES string of the molecule is CC(C)NCc1ccc(COCC2CCOC2)s1. The molecule has 2 rings (SSSR count). The Hall–Kier alpha value is -0.420. The van der Waals surface area contributed by atoms with Crippen molar-refractivity contribution >= 4 is 11.3 Å². The van der Waals surface area contributed by atoms with E-state index in [9.17, 15) is 0 Å². The lowest BCUT2D eigenvalue weighted by atomic mass is 10.1. The number of nitrogens with one attached hydrogen (secondary N) is 1. The quantitative estimate of drug-likeness (QED) is 0.825. The van der Waals surface area contributed by atoms with Gasteiger partial charge in [0.15, 0.2) is 0 Å². The maximum Gasteiger partial charge on any atom is 0.0809 e. The Labute approximate surface area is 113 Å². The van der Waals surface area contributed by atoms with Crippen LogP contribution in [0.2, 0.25) is 0 Å². The first-order valence-electron chi connectivity index (χ1n) is 6.70. The molecule has 1 aromatic heterocycles. The highest BCUT2D eigenvalue weighted by Gasteiger charge is 2.15. The van der Waals surface area contributed by atoms with Crippen LogP contribution in [-0.4, -0.2) is 25.9 Å². The van der Waals surface area contributed by atoms with Gasteiger partial charge in [-0.15, -0.1) is 11.3 Å². The summed E-state index contributed by atoms with van der Waals surface area (Å²) in [6.45, 7) is 8.63. The molecule has 0 bridgehead atoms. The van der Waals surface area contributed by atoms with Gasteiger partial charge in [0.05, 0.1) is 19.8 Å². The largest absolute Gasteiger partial charge is 0.381 e. The fourth-order valence-corrected chi connectivity index (χ4v) is 2.85. The molecule has 1 fully saturated rings. The van der Waals surface area contributed by atoms with E-state index in [4.69, 9.17) is 9.47 Å². The van der Waals surface area contributed by atoms with E-state index in [-0.39, 0.29) is 0 Å². The number of rotatable bonds is 7. The molecule has 1 unspecified atom stereocenters. The summed E-state index contributed by atoms with van der Waals surface area (Å²) in [5, 5.41) is 3.43. The molecule has 1 aliphatic heterocycles. The fraction of sp³-hybridized carbons (Fsp3) is 0.714. The molecule has 102 valence electrons. The zero-order chi connectivity index (χ0) is 12.8. The molecule has 0 spiro atoms. The highest BCUT2D eigenvalue weighted by molar-refractivity contribution is 7.11. The van der Waals surface area contributed by atoms with Gasteiger partial charge in [0.1, 0.15) is 0 Å². The molecule has 1 atom stereocenters. The van der Waals surface area contributed by atoms with E-state index in [0.717, 1.165) is 39.4 Å². The molecule has 1 aromatic rings. The third-order valence-electron chi connectivity index (χ3n) is 3.02. The van der Waals surface area contributed by atoms with Crippen LogP contribution >= 0.6 is 11.3 Å². The minimum Gasteiger partial charge on any atom is -0.381 e. The Balaban J connectivity index is 1.66. The van der Waals surface area contributed by atoms with Crippen molar-refractivity contribution in [2.24, 2.45) is 5.92 Å². The zero-order valence-corrected chi connectivity index (χ0v) is 12.1. The molecule has 1 N–H and O–H groups in total. The summed E-state index contributed by atoms with van der Waals surface area (Å²) in [6.07, 6.45) is 1.15. The van der Waals surface area contributed by atoms with Crippen LogP contribution in [-0.2, 0) is 22.6 Å². The first kappa shape index (κ1) is 14.0. The van der Waals surface area contributed by atoms with Crippen molar-refractivity contribution in [1.82, 2.24) is 5.32 Å². The van der Waals surface area contributed by atoms with Crippen molar-refractivity contribution in [3.8, 4) is 0 Å². The standard InChI is InChI=1S/C14H23NO2S/c1-11(2)15-7-13-3-4-14(18-13)10-17-9-12-5-6-16-8-12/h3-4,11-12,15H,5-10H2,1-2H3. The first-order valence-corrected chi connectivity index (χ1v) is 7.52. The summed E-state index contributed by atoms with van der Waals surface area (Å²) >= 11 is 1.84. The van der Waals surface area contributed by atoms with Gasteiger partial charge in [-0.3, -0.25) is 0 Å². The van der Waals surface area contributed by atoms with E-state index in [1.54, 1.807) is 0 Å². The third-order valence-corrected chi connectivity index (χ3v) is 4.08. The van der Waals surface area contributed by atoms with Crippen LogP contribution in [0.5, 0.6) is 0 Å². The van der Waals surface area contributed by atoms with Crippen LogP contribution in [0.25, 0.3) is 0 Å². The van der Waals surface area contributed by atoms with E-state index >= 15 is 0 Å². The number of ether oxygens (including phenoxy) is 2. The molecule has 0 aromatic carbocycles. The number of thiophene rings is 1. The minimum atomic E-state index is 0.536. The molecule has 1 aliphatic rings. The number of hydrogen-bond donors (Lipinski definition) is 1. The molecule has 0 aliphatic carbocycles. The molecule has 1 saturated heterocycles. The lowest BCUT2D eigenvalue weighted by Gasteiger charge is -2.07. The molecule has 0 amide bonds. The molecular weight excluding hydrogens is 246 g/mol. The summed E-state index contributed by atoms with van der Waals surface area (Å²) < 4.78 is 11.1. The van der Waals surface area contributed by atoms with Crippen molar-refractivity contribution < 1.29 is 9.47 Å². The Morgan fingerprint density at radius 3 is 3.00 bits per heavy atom. The van der Waals surface area contributed by atoms with Crippen LogP contribution in [0.4, 0.5) is 0 Å². The Morgan fingerprint density at radius 1 is 1.44 bits per heavy atom. The lowest BCUT2D eigenvalue weighted by Crippen LogP contribution is -2.21. The molecular formula is C14H23NO2S. The van der Waals surface area contributed by atoms with Gasteiger partial charge in [0.25, 0.3) is 0 Å². The summed E-state index contributed by atoms with van der Waals surface area (Å²) in [4.78, 5) is 2.70. The van der Waals surface area contributed by atoms with E-state index in [1.807, 2.05) is 11.3 Å². The van der Waals surface area contributed by atoms with Gasteiger partial charge in [-0.05, 0) is 18.6 Å². The van der Waals surface area contributed by atoms with E-state index in [0.29, 0.717) is 12.0 Å². The van der Waals surface area contributed by atoms with E-state index < -0.39 is 0 Å². The Morgan fingerprint density at radius 2 is 2.28 bits per heavy atom. The van der Waals surface area contributed by atoms with Crippen molar-refractivity contribution in [2.45, 2.75) is 39.5 Å². The van der Waals surface area contributed by atoms with Crippen LogP contribution < -0.4 is 5.32 Å². The van der Waals surface area contributed by atoms with Crippen LogP contribution in [0.15, 0.2) is 12.1 Å². The van der Waals surface area contributed by atoms with Gasteiger partial charge < -0.3 is 14.8 Å². The van der Waals surface area contributed by atoms with Gasteiger partial charge in [-0.2, -0.15) is 0 Å². The van der Waals surface area contributed by atoms with Crippen LogP contribution in [0.3, 0.4) is 0 Å². The van der Waals surface area contributed by atoms with Gasteiger partial charge in [0, 0.05) is 34.9 Å². The third kappa shape index (κ3) is 4.69. The molecule has 2 heterocycles. The normalized spacial score (nSPS) is 19.8. The predicted octanol–water partition coefficient (Wildman–Crippen LogP) is 2.80. The Bertz CT molecular complexity index is 345. The first-order chi connectivity index (χ1) is 8.74. The summed E-state index contributed by atoms with van der Waals surface area (Å²) in [7, 11) is 0. The maximum absolute atomic E-state index is 5.75. The second-order valence-electron chi connectivity index (χ2n) is 5.15. The highest BCUT2D eigenvalue weighted by atomic mass is 32.1. The number of hydrogen-bond acceptors (Lipinski definition) is 4. The van der Waals surface area contributed by atoms with Crippen molar-refractivity contribution in [3.05, 3.63) is 21.9 Å². The average molecular weight is 269 g/mol. The lowest BCUT2D eigenvalue weighted by molar-refractivity contribution is 0.0806.